The number of fused-ring (bicyclic) bond motifs is 1. The molecule has 0 fully saturated rings. The lowest BCUT2D eigenvalue weighted by Crippen LogP contribution is -2.34. The van der Waals surface area contributed by atoms with Crippen molar-refractivity contribution in [3.05, 3.63) is 53.1 Å². The minimum absolute atomic E-state index is 0.277. The van der Waals surface area contributed by atoms with E-state index in [1.807, 2.05) is 27.7 Å². The van der Waals surface area contributed by atoms with Crippen molar-refractivity contribution in [1.82, 2.24) is 5.32 Å². The van der Waals surface area contributed by atoms with Crippen LogP contribution < -0.4 is 10.1 Å². The molecule has 0 unspecified atom stereocenters. The van der Waals surface area contributed by atoms with Crippen molar-refractivity contribution >= 4 is 6.09 Å². The van der Waals surface area contributed by atoms with Gasteiger partial charge in [0.25, 0.3) is 0 Å². The maximum atomic E-state index is 14.9. The molecule has 0 aliphatic heterocycles. The van der Waals surface area contributed by atoms with Gasteiger partial charge in [-0.1, -0.05) is 27.7 Å². The van der Waals surface area contributed by atoms with Gasteiger partial charge in [0.15, 0.2) is 0 Å². The number of hydrogen-bond donors (Lipinski definition) is 2. The van der Waals surface area contributed by atoms with Gasteiger partial charge in [0.1, 0.15) is 17.4 Å². The molecule has 2 N–H and O–H groups in total. The van der Waals surface area contributed by atoms with Gasteiger partial charge >= 0.3 is 6.09 Å². The molecule has 1 aliphatic carbocycles. The Balaban J connectivity index is 2.01. The second-order valence-electron chi connectivity index (χ2n) is 8.46. The molecular weight excluding hydrogens is 364 g/mol. The van der Waals surface area contributed by atoms with E-state index in [-0.39, 0.29) is 16.9 Å². The van der Waals surface area contributed by atoms with Crippen molar-refractivity contribution in [2.45, 2.75) is 40.2 Å². The van der Waals surface area contributed by atoms with Crippen molar-refractivity contribution in [3.8, 4) is 16.9 Å². The number of benzene rings is 2. The molecule has 0 bridgehead atoms. The molecule has 6 heteroatoms. The Morgan fingerprint density at radius 1 is 1.25 bits per heavy atom. The quantitative estimate of drug-likeness (QED) is 0.704. The molecule has 1 amide bonds. The monoisotopic (exact) mass is 389 g/mol. The lowest BCUT2D eigenvalue weighted by molar-refractivity contribution is 0.175. The van der Waals surface area contributed by atoms with Gasteiger partial charge in [0, 0.05) is 11.6 Å². The summed E-state index contributed by atoms with van der Waals surface area (Å²) >= 11 is 0. The Morgan fingerprint density at radius 2 is 1.96 bits per heavy atom. The number of amides is 1. The molecule has 28 heavy (non-hydrogen) atoms. The first-order valence-electron chi connectivity index (χ1n) is 9.32. The van der Waals surface area contributed by atoms with Gasteiger partial charge in [-0.05, 0) is 58.7 Å². The van der Waals surface area contributed by atoms with Crippen LogP contribution in [0.3, 0.4) is 0 Å². The molecule has 0 spiro atoms. The summed E-state index contributed by atoms with van der Waals surface area (Å²) in [5.74, 6) is -0.380. The van der Waals surface area contributed by atoms with Crippen LogP contribution in [-0.2, 0) is 6.42 Å². The van der Waals surface area contributed by atoms with Crippen molar-refractivity contribution < 1.29 is 23.4 Å². The zero-order valence-electron chi connectivity index (χ0n) is 16.5. The standard InChI is InChI=1S/C22H25F2NO3/c1-12(2)11-28-16-6-13(5-15(23)8-16)17-7-14-10-22(3,4)20(25-21(26)27)18(14)9-19(17)24/h5-9,12,20,25H,10-11H2,1-4H3,(H,26,27)/t20-/m0/s1. The molecule has 1 aliphatic rings. The molecule has 0 heterocycles. The largest absolute Gasteiger partial charge is 0.493 e. The molecule has 150 valence electrons. The molecule has 0 radical (unpaired) electrons. The molecule has 2 aromatic carbocycles. The van der Waals surface area contributed by atoms with Crippen LogP contribution in [0, 0.1) is 23.0 Å². The fraction of sp³-hybridized carbons (Fsp3) is 0.409. The zero-order valence-corrected chi connectivity index (χ0v) is 16.5. The van der Waals surface area contributed by atoms with Crippen LogP contribution in [0.15, 0.2) is 30.3 Å². The number of rotatable bonds is 5. The first kappa shape index (κ1) is 20.1. The Hall–Kier alpha value is -2.63. The summed E-state index contributed by atoms with van der Waals surface area (Å²) in [7, 11) is 0. The summed E-state index contributed by atoms with van der Waals surface area (Å²) in [6.45, 7) is 8.29. The smallest absolute Gasteiger partial charge is 0.405 e. The Morgan fingerprint density at radius 3 is 2.61 bits per heavy atom. The van der Waals surface area contributed by atoms with Gasteiger partial charge in [0.05, 0.1) is 12.6 Å². The van der Waals surface area contributed by atoms with E-state index in [4.69, 9.17) is 9.84 Å². The van der Waals surface area contributed by atoms with E-state index >= 15 is 0 Å². The van der Waals surface area contributed by atoms with Gasteiger partial charge in [-0.15, -0.1) is 0 Å². The minimum atomic E-state index is -1.15. The normalized spacial score (nSPS) is 17.5. The van der Waals surface area contributed by atoms with Crippen molar-refractivity contribution in [3.63, 3.8) is 0 Å². The van der Waals surface area contributed by atoms with Gasteiger partial charge in [-0.3, -0.25) is 0 Å². The van der Waals surface area contributed by atoms with Crippen LogP contribution in [0.1, 0.15) is 44.9 Å². The van der Waals surface area contributed by atoms with Crippen LogP contribution >= 0.6 is 0 Å². The number of ether oxygens (including phenoxy) is 1. The second kappa shape index (κ2) is 7.41. The third-order valence-corrected chi connectivity index (χ3v) is 5.00. The lowest BCUT2D eigenvalue weighted by atomic mass is 9.85. The first-order valence-corrected chi connectivity index (χ1v) is 9.32. The van der Waals surface area contributed by atoms with Gasteiger partial charge in [-0.2, -0.15) is 0 Å². The fourth-order valence-electron chi connectivity index (χ4n) is 3.75. The summed E-state index contributed by atoms with van der Waals surface area (Å²) in [4.78, 5) is 11.2. The molecule has 0 aromatic heterocycles. The fourth-order valence-corrected chi connectivity index (χ4v) is 3.75. The Bertz CT molecular complexity index is 909. The van der Waals surface area contributed by atoms with Crippen LogP contribution in [-0.4, -0.2) is 17.8 Å². The third-order valence-electron chi connectivity index (χ3n) is 5.00. The summed E-state index contributed by atoms with van der Waals surface area (Å²) in [6, 6.07) is 6.74. The molecule has 4 nitrogen and oxygen atoms in total. The minimum Gasteiger partial charge on any atom is -0.493 e. The van der Waals surface area contributed by atoms with Gasteiger partial charge in [-0.25, -0.2) is 13.6 Å². The topological polar surface area (TPSA) is 58.6 Å². The second-order valence-corrected chi connectivity index (χ2v) is 8.46. The predicted octanol–water partition coefficient (Wildman–Crippen LogP) is 5.56. The van der Waals surface area contributed by atoms with E-state index in [0.717, 1.165) is 5.56 Å². The van der Waals surface area contributed by atoms with E-state index in [2.05, 4.69) is 5.32 Å². The highest BCUT2D eigenvalue weighted by molar-refractivity contribution is 5.70. The first-order chi connectivity index (χ1) is 13.1. The number of halogens is 2. The van der Waals surface area contributed by atoms with E-state index in [1.165, 1.54) is 18.2 Å². The summed E-state index contributed by atoms with van der Waals surface area (Å²) in [5, 5.41) is 11.6. The van der Waals surface area contributed by atoms with Crippen LogP contribution in [0.4, 0.5) is 13.6 Å². The van der Waals surface area contributed by atoms with Gasteiger partial charge < -0.3 is 15.2 Å². The van der Waals surface area contributed by atoms with Crippen LogP contribution in [0.2, 0.25) is 0 Å². The van der Waals surface area contributed by atoms with E-state index in [0.29, 0.717) is 29.9 Å². The molecule has 0 saturated carbocycles. The molecule has 3 rings (SSSR count). The summed E-state index contributed by atoms with van der Waals surface area (Å²) < 4.78 is 34.6. The highest BCUT2D eigenvalue weighted by Crippen LogP contribution is 2.47. The Kier molecular flexibility index (Phi) is 5.33. The maximum absolute atomic E-state index is 14.9. The summed E-state index contributed by atoms with van der Waals surface area (Å²) in [6.07, 6.45) is -0.556. The third kappa shape index (κ3) is 4.11. The molecule has 1 atom stereocenters. The maximum Gasteiger partial charge on any atom is 0.405 e. The number of carboxylic acid groups (broad SMARTS) is 1. The highest BCUT2D eigenvalue weighted by atomic mass is 19.1. The van der Waals surface area contributed by atoms with Crippen LogP contribution in [0.25, 0.3) is 11.1 Å². The highest BCUT2D eigenvalue weighted by Gasteiger charge is 2.40. The number of nitrogens with one attached hydrogen (secondary N) is 1. The molecule has 0 saturated heterocycles. The van der Waals surface area contributed by atoms with Crippen molar-refractivity contribution in [2.24, 2.45) is 11.3 Å². The van der Waals surface area contributed by atoms with E-state index in [9.17, 15) is 13.6 Å². The van der Waals surface area contributed by atoms with Gasteiger partial charge in [0.2, 0.25) is 0 Å². The van der Waals surface area contributed by atoms with E-state index in [1.54, 1.807) is 12.1 Å². The lowest BCUT2D eigenvalue weighted by Gasteiger charge is -2.27. The van der Waals surface area contributed by atoms with E-state index < -0.39 is 23.8 Å². The average molecular weight is 389 g/mol. The summed E-state index contributed by atoms with van der Waals surface area (Å²) in [5.41, 5.74) is 1.76. The SMILES string of the molecule is CC(C)COc1cc(F)cc(-c2cc3c(cc2F)[C@H](NC(=O)O)C(C)(C)C3)c1. The van der Waals surface area contributed by atoms with Crippen molar-refractivity contribution in [2.75, 3.05) is 6.61 Å². The number of hydrogen-bond acceptors (Lipinski definition) is 2. The molecule has 2 aromatic rings. The predicted molar refractivity (Wildman–Crippen MR) is 104 cm³/mol. The van der Waals surface area contributed by atoms with Crippen LogP contribution in [0.5, 0.6) is 5.75 Å². The molecular formula is C22H25F2NO3. The van der Waals surface area contributed by atoms with Crippen molar-refractivity contribution in [1.29, 1.82) is 0 Å². The zero-order chi connectivity index (χ0) is 20.6. The Labute approximate surface area is 163 Å². The number of carbonyl (C=O) groups is 1. The average Bonchev–Trinajstić information content (AvgIpc) is 2.81.